The Hall–Kier alpha value is -4.46. The Bertz CT molecular complexity index is 1240. The molecule has 1 aliphatic rings. The van der Waals surface area contributed by atoms with Crippen molar-refractivity contribution in [1.82, 2.24) is 0 Å². The number of methoxy groups -OCH3 is 2. The van der Waals surface area contributed by atoms with Gasteiger partial charge in [0.05, 0.1) is 43.0 Å². The number of allylic oxidation sites excluding steroid dienone is 1. The number of hydrogen-bond acceptors (Lipinski definition) is 8. The lowest BCUT2D eigenvalue weighted by atomic mass is 9.81. The molecule has 2 N–H and O–H groups in total. The highest BCUT2D eigenvalue weighted by molar-refractivity contribution is 6.06. The molecule has 1 atom stereocenters. The van der Waals surface area contributed by atoms with E-state index in [-0.39, 0.29) is 28.4 Å². The highest BCUT2D eigenvalue weighted by atomic mass is 19.3. The Morgan fingerprint density at radius 1 is 1.11 bits per heavy atom. The maximum Gasteiger partial charge on any atom is 0.355 e. The smallest absolute Gasteiger partial charge is 0.355 e. The number of hydrogen-bond donors (Lipinski definition) is 1. The van der Waals surface area contributed by atoms with Crippen molar-refractivity contribution in [2.75, 3.05) is 25.7 Å². The number of carbonyl (C=O) groups is 2. The molecule has 0 spiro atoms. The van der Waals surface area contributed by atoms with Gasteiger partial charge in [0.2, 0.25) is 0 Å². The molecule has 1 unspecified atom stereocenters. The number of ether oxygens (including phenoxy) is 3. The lowest BCUT2D eigenvalue weighted by Crippen LogP contribution is -2.41. The molecule has 35 heavy (non-hydrogen) atoms. The van der Waals surface area contributed by atoms with Crippen molar-refractivity contribution in [3.63, 3.8) is 0 Å². The fraction of sp³-hybridized carbons (Fsp3) is 0.208. The summed E-state index contributed by atoms with van der Waals surface area (Å²) in [7, 11) is 2.11. The highest BCUT2D eigenvalue weighted by Gasteiger charge is 2.43. The minimum atomic E-state index is -2.86. The Kier molecular flexibility index (Phi) is 7.66. The molecule has 0 saturated heterocycles. The van der Waals surface area contributed by atoms with Gasteiger partial charge in [-0.15, -0.1) is 0 Å². The molecule has 0 radical (unpaired) electrons. The maximum absolute atomic E-state index is 14.3. The number of nitrogens with two attached hydrogens (primary N) is 1. The van der Waals surface area contributed by atoms with E-state index in [0.29, 0.717) is 5.56 Å². The summed E-state index contributed by atoms with van der Waals surface area (Å²) in [5, 5.41) is 10.0. The molecular weight excluding hydrogens is 467 g/mol. The average Bonchev–Trinajstić information content (AvgIpc) is 2.86. The minimum Gasteiger partial charge on any atom is -0.485 e. The van der Waals surface area contributed by atoms with Crippen molar-refractivity contribution in [2.45, 2.75) is 12.3 Å². The predicted octanol–water partition coefficient (Wildman–Crippen LogP) is 3.37. The Morgan fingerprint density at radius 3 is 2.34 bits per heavy atom. The number of nitrogens with zero attached hydrogens (tertiary/aromatic N) is 2. The first-order chi connectivity index (χ1) is 16.7. The van der Waals surface area contributed by atoms with Crippen LogP contribution >= 0.6 is 0 Å². The summed E-state index contributed by atoms with van der Waals surface area (Å²) in [5.74, 6) is -4.67. The highest BCUT2D eigenvalue weighted by Crippen LogP contribution is 2.45. The van der Waals surface area contributed by atoms with Gasteiger partial charge in [-0.25, -0.2) is 22.8 Å². The van der Waals surface area contributed by atoms with Crippen LogP contribution in [0.4, 0.5) is 18.9 Å². The number of carbonyl (C=O) groups excluding carboxylic acids is 2. The van der Waals surface area contributed by atoms with Crippen LogP contribution in [0.3, 0.4) is 0 Å². The molecule has 1 aliphatic heterocycles. The van der Waals surface area contributed by atoms with Gasteiger partial charge in [0.1, 0.15) is 29.7 Å². The van der Waals surface area contributed by atoms with Gasteiger partial charge in [-0.05, 0) is 17.7 Å². The zero-order chi connectivity index (χ0) is 25.7. The molecule has 0 amide bonds. The maximum atomic E-state index is 14.3. The van der Waals surface area contributed by atoms with Crippen molar-refractivity contribution in [1.29, 1.82) is 5.26 Å². The van der Waals surface area contributed by atoms with E-state index < -0.39 is 42.4 Å². The number of alkyl halides is 2. The number of anilines is 1. The summed E-state index contributed by atoms with van der Waals surface area (Å²) >= 11 is 0. The Labute approximate surface area is 198 Å². The van der Waals surface area contributed by atoms with Crippen molar-refractivity contribution in [3.8, 4) is 11.8 Å². The van der Waals surface area contributed by atoms with Gasteiger partial charge < -0.3 is 19.9 Å². The van der Waals surface area contributed by atoms with E-state index in [1.165, 1.54) is 0 Å². The summed E-state index contributed by atoms with van der Waals surface area (Å²) in [6, 6.07) is 13.1. The molecule has 2 aromatic rings. The molecule has 182 valence electrons. The van der Waals surface area contributed by atoms with E-state index in [0.717, 1.165) is 37.3 Å². The van der Waals surface area contributed by atoms with E-state index in [1.807, 2.05) is 6.07 Å². The number of benzene rings is 2. The molecule has 0 fully saturated rings. The van der Waals surface area contributed by atoms with E-state index in [2.05, 4.69) is 0 Å². The Balaban J connectivity index is 2.40. The number of rotatable bonds is 7. The largest absolute Gasteiger partial charge is 0.485 e. The first kappa shape index (κ1) is 25.2. The van der Waals surface area contributed by atoms with Crippen molar-refractivity contribution in [3.05, 3.63) is 82.6 Å². The molecule has 0 aliphatic carbocycles. The minimum absolute atomic E-state index is 0.173. The quantitative estimate of drug-likeness (QED) is 0.592. The van der Waals surface area contributed by atoms with Crippen molar-refractivity contribution in [2.24, 2.45) is 5.73 Å². The molecule has 2 aromatic carbocycles. The van der Waals surface area contributed by atoms with Gasteiger partial charge >= 0.3 is 11.9 Å². The van der Waals surface area contributed by atoms with Gasteiger partial charge in [0.25, 0.3) is 6.43 Å². The third-order valence-electron chi connectivity index (χ3n) is 5.14. The van der Waals surface area contributed by atoms with Gasteiger partial charge in [-0.2, -0.15) is 5.26 Å². The summed E-state index contributed by atoms with van der Waals surface area (Å²) in [4.78, 5) is 26.9. The van der Waals surface area contributed by atoms with E-state index >= 15 is 0 Å². The average molecular weight is 487 g/mol. The second kappa shape index (κ2) is 10.6. The normalized spacial score (nSPS) is 15.7. The zero-order valence-corrected chi connectivity index (χ0v) is 18.6. The van der Waals surface area contributed by atoms with Crippen LogP contribution < -0.4 is 15.4 Å². The number of nitriles is 1. The zero-order valence-electron chi connectivity index (χ0n) is 18.6. The topological polar surface area (TPSA) is 115 Å². The molecule has 8 nitrogen and oxygen atoms in total. The van der Waals surface area contributed by atoms with Crippen molar-refractivity contribution >= 4 is 17.6 Å². The van der Waals surface area contributed by atoms with Gasteiger partial charge in [-0.1, -0.05) is 30.3 Å². The second-order valence-electron chi connectivity index (χ2n) is 7.15. The first-order valence-electron chi connectivity index (χ1n) is 10.1. The van der Waals surface area contributed by atoms with Crippen LogP contribution in [0.15, 0.2) is 71.2 Å². The summed E-state index contributed by atoms with van der Waals surface area (Å²) in [6.45, 7) is -1.05. The van der Waals surface area contributed by atoms with Crippen LogP contribution in [-0.4, -0.2) is 39.2 Å². The summed E-state index contributed by atoms with van der Waals surface area (Å²) in [5.41, 5.74) is 5.47. The van der Waals surface area contributed by atoms with Crippen LogP contribution in [0.1, 0.15) is 11.5 Å². The summed E-state index contributed by atoms with van der Waals surface area (Å²) < 4.78 is 54.9. The van der Waals surface area contributed by atoms with E-state index in [4.69, 9.17) is 19.9 Å². The Morgan fingerprint density at radius 2 is 1.77 bits per heavy atom. The van der Waals surface area contributed by atoms with Crippen LogP contribution in [0.2, 0.25) is 0 Å². The van der Waals surface area contributed by atoms with Crippen molar-refractivity contribution < 1.29 is 37.0 Å². The SMILES string of the molecule is COC(=O)C1=C(C(=O)OC)N(c2cc(F)ccc2OCC(F)F)C(N)=C(C#N)C1c1ccccc1. The van der Waals surface area contributed by atoms with Gasteiger partial charge in [0.15, 0.2) is 0 Å². The number of esters is 2. The van der Waals surface area contributed by atoms with Crippen LogP contribution in [-0.2, 0) is 19.1 Å². The molecule has 3 rings (SSSR count). The monoisotopic (exact) mass is 487 g/mol. The van der Waals surface area contributed by atoms with Gasteiger partial charge in [0, 0.05) is 6.07 Å². The van der Waals surface area contributed by atoms with Crippen LogP contribution in [0.5, 0.6) is 5.75 Å². The first-order valence-corrected chi connectivity index (χ1v) is 10.1. The molecule has 0 bridgehead atoms. The lowest BCUT2D eigenvalue weighted by molar-refractivity contribution is -0.139. The van der Waals surface area contributed by atoms with Gasteiger partial charge in [-0.3, -0.25) is 4.90 Å². The standard InChI is InChI=1S/C24H20F3N3O5/c1-33-23(31)20-19(13-6-4-3-5-7-13)15(11-28)22(29)30(21(20)24(32)34-2)16-10-14(25)8-9-17(16)35-12-18(26)27/h3-10,18-19H,12,29H2,1-2H3. The molecule has 11 heteroatoms. The molecule has 1 heterocycles. The third kappa shape index (κ3) is 4.91. The van der Waals surface area contributed by atoms with Crippen LogP contribution in [0.25, 0.3) is 0 Å². The van der Waals surface area contributed by atoms with Crippen LogP contribution in [0, 0.1) is 17.1 Å². The fourth-order valence-electron chi connectivity index (χ4n) is 3.70. The molecule has 0 aromatic heterocycles. The van der Waals surface area contributed by atoms with E-state index in [9.17, 15) is 28.0 Å². The fourth-order valence-corrected chi connectivity index (χ4v) is 3.70. The molecule has 0 saturated carbocycles. The predicted molar refractivity (Wildman–Crippen MR) is 117 cm³/mol. The number of halogens is 3. The summed E-state index contributed by atoms with van der Waals surface area (Å²) in [6.07, 6.45) is -2.86. The lowest BCUT2D eigenvalue weighted by Gasteiger charge is -2.36. The third-order valence-corrected chi connectivity index (χ3v) is 5.14. The second-order valence-corrected chi connectivity index (χ2v) is 7.15. The molecular formula is C24H20F3N3O5. The van der Waals surface area contributed by atoms with E-state index in [1.54, 1.807) is 30.3 Å².